The molecule has 202 valence electrons. The third-order valence-electron chi connectivity index (χ3n) is 8.23. The van der Waals surface area contributed by atoms with Crippen LogP contribution in [0, 0.1) is 11.3 Å². The predicted molar refractivity (Wildman–Crippen MR) is 151 cm³/mol. The van der Waals surface area contributed by atoms with E-state index in [1.54, 1.807) is 0 Å². The summed E-state index contributed by atoms with van der Waals surface area (Å²) in [6.45, 7) is 9.17. The number of nitrogens with zero attached hydrogens (tertiary/aromatic N) is 1. The molecular weight excluding hydrogens is 484 g/mol. The quantitative estimate of drug-likeness (QED) is 0.199. The van der Waals surface area contributed by atoms with Crippen LogP contribution in [0.2, 0.25) is 5.02 Å². The van der Waals surface area contributed by atoms with Crippen molar-refractivity contribution in [3.05, 3.63) is 70.2 Å². The fourth-order valence-electron chi connectivity index (χ4n) is 5.86. The number of aldehydes is 1. The lowest BCUT2D eigenvalue weighted by atomic mass is 9.69. The average molecular weight is 527 g/mol. The number of rotatable bonds is 10. The summed E-state index contributed by atoms with van der Waals surface area (Å²) in [4.78, 5) is 26.8. The van der Waals surface area contributed by atoms with Crippen molar-refractivity contribution in [3.63, 3.8) is 0 Å². The van der Waals surface area contributed by atoms with Crippen molar-refractivity contribution in [2.75, 3.05) is 14.2 Å². The standard InChI is InChI=1S/C31H43ClN2O3/c1-7-9-28(22-12-14-23(15-13-22)29(36)37-6)34(5)31(18-16-25(17-19-31)30(2,3)4)33-27(21-35)24-10-8-11-26(32)20-24/h8,10-15,20-21,25,27-28,33H,7,9,16-19H2,1-6H3. The Balaban J connectivity index is 1.98. The Morgan fingerprint density at radius 2 is 1.81 bits per heavy atom. The number of benzene rings is 2. The highest BCUT2D eigenvalue weighted by Gasteiger charge is 2.44. The van der Waals surface area contributed by atoms with E-state index in [9.17, 15) is 9.59 Å². The molecular formula is C31H43ClN2O3. The van der Waals surface area contributed by atoms with Gasteiger partial charge in [-0.3, -0.25) is 10.2 Å². The van der Waals surface area contributed by atoms with Gasteiger partial charge in [0.25, 0.3) is 0 Å². The maximum absolute atomic E-state index is 12.4. The normalized spacial score (nSPS) is 21.9. The first kappa shape index (κ1) is 29.3. The van der Waals surface area contributed by atoms with Crippen LogP contribution < -0.4 is 5.32 Å². The molecule has 3 rings (SSSR count). The molecule has 2 atom stereocenters. The molecule has 0 aliphatic heterocycles. The SMILES string of the molecule is CCCC(c1ccc(C(=O)OC)cc1)N(C)C1(NC(C=O)c2cccc(Cl)c2)CCC(C(C)(C)C)CC1. The zero-order valence-electron chi connectivity index (χ0n) is 23.2. The number of hydrogen-bond acceptors (Lipinski definition) is 5. The summed E-state index contributed by atoms with van der Waals surface area (Å²) >= 11 is 6.29. The first-order valence-corrected chi connectivity index (χ1v) is 13.8. The van der Waals surface area contributed by atoms with Gasteiger partial charge in [0.1, 0.15) is 6.29 Å². The Morgan fingerprint density at radius 3 is 2.32 bits per heavy atom. The van der Waals surface area contributed by atoms with Gasteiger partial charge in [-0.1, -0.05) is 70.0 Å². The van der Waals surface area contributed by atoms with E-state index in [0.29, 0.717) is 16.5 Å². The van der Waals surface area contributed by atoms with Crippen LogP contribution in [-0.2, 0) is 9.53 Å². The fourth-order valence-corrected chi connectivity index (χ4v) is 6.06. The number of esters is 1. The second-order valence-electron chi connectivity index (χ2n) is 11.5. The first-order valence-electron chi connectivity index (χ1n) is 13.4. The van der Waals surface area contributed by atoms with E-state index in [4.69, 9.17) is 16.3 Å². The van der Waals surface area contributed by atoms with Crippen molar-refractivity contribution in [2.45, 2.75) is 84.0 Å². The van der Waals surface area contributed by atoms with Gasteiger partial charge in [0.15, 0.2) is 0 Å². The molecule has 6 heteroatoms. The number of halogens is 1. The van der Waals surface area contributed by atoms with Gasteiger partial charge in [0.2, 0.25) is 0 Å². The third-order valence-corrected chi connectivity index (χ3v) is 8.46. The molecule has 0 radical (unpaired) electrons. The Labute approximate surface area is 227 Å². The molecule has 0 saturated heterocycles. The highest BCUT2D eigenvalue weighted by Crippen LogP contribution is 2.45. The Bertz CT molecular complexity index is 1040. The lowest BCUT2D eigenvalue weighted by molar-refractivity contribution is -0.112. The maximum atomic E-state index is 12.4. The van der Waals surface area contributed by atoms with Gasteiger partial charge in [-0.05, 0) is 85.9 Å². The highest BCUT2D eigenvalue weighted by atomic mass is 35.5. The number of nitrogens with one attached hydrogen (secondary N) is 1. The zero-order valence-corrected chi connectivity index (χ0v) is 24.0. The second kappa shape index (κ2) is 12.6. The topological polar surface area (TPSA) is 58.6 Å². The van der Waals surface area contributed by atoms with Crippen molar-refractivity contribution < 1.29 is 14.3 Å². The molecule has 0 bridgehead atoms. The van der Waals surface area contributed by atoms with Crippen molar-refractivity contribution in [3.8, 4) is 0 Å². The van der Waals surface area contributed by atoms with E-state index in [0.717, 1.165) is 55.9 Å². The van der Waals surface area contributed by atoms with Crippen molar-refractivity contribution in [2.24, 2.45) is 11.3 Å². The second-order valence-corrected chi connectivity index (χ2v) is 12.0. The van der Waals surface area contributed by atoms with Gasteiger partial charge in [-0.15, -0.1) is 0 Å². The predicted octanol–water partition coefficient (Wildman–Crippen LogP) is 7.36. The average Bonchev–Trinajstić information content (AvgIpc) is 2.89. The molecule has 0 heterocycles. The summed E-state index contributed by atoms with van der Waals surface area (Å²) < 4.78 is 4.88. The number of methoxy groups -OCH3 is 1. The number of carbonyl (C=O) groups is 2. The largest absolute Gasteiger partial charge is 0.465 e. The van der Waals surface area contributed by atoms with Crippen molar-refractivity contribution >= 4 is 23.9 Å². The van der Waals surface area contributed by atoms with Crippen LogP contribution in [0.1, 0.15) is 99.8 Å². The molecule has 0 amide bonds. The van der Waals surface area contributed by atoms with Crippen molar-refractivity contribution in [1.82, 2.24) is 10.2 Å². The number of carbonyl (C=O) groups excluding carboxylic acids is 2. The Kier molecular flexibility index (Phi) is 9.96. The van der Waals surface area contributed by atoms with Crippen LogP contribution in [0.3, 0.4) is 0 Å². The van der Waals surface area contributed by atoms with Crippen LogP contribution >= 0.6 is 11.6 Å². The molecule has 1 saturated carbocycles. The van der Waals surface area contributed by atoms with Gasteiger partial charge in [-0.2, -0.15) is 0 Å². The van der Waals surface area contributed by atoms with Crippen LogP contribution in [0.4, 0.5) is 0 Å². The minimum absolute atomic E-state index is 0.127. The molecule has 1 aliphatic carbocycles. The lowest BCUT2D eigenvalue weighted by Crippen LogP contribution is -2.61. The van der Waals surface area contributed by atoms with E-state index in [1.165, 1.54) is 7.11 Å². The molecule has 2 aromatic carbocycles. The summed E-state index contributed by atoms with van der Waals surface area (Å²) in [5.74, 6) is 0.293. The molecule has 1 N–H and O–H groups in total. The molecule has 37 heavy (non-hydrogen) atoms. The maximum Gasteiger partial charge on any atom is 0.337 e. The molecule has 1 fully saturated rings. The van der Waals surface area contributed by atoms with E-state index >= 15 is 0 Å². The van der Waals surface area contributed by atoms with E-state index in [1.807, 2.05) is 48.5 Å². The Hall–Kier alpha value is -2.21. The fraction of sp³-hybridized carbons (Fsp3) is 0.548. The van der Waals surface area contributed by atoms with Gasteiger partial charge in [-0.25, -0.2) is 4.79 Å². The van der Waals surface area contributed by atoms with Gasteiger partial charge < -0.3 is 9.53 Å². The number of hydrogen-bond donors (Lipinski definition) is 1. The summed E-state index contributed by atoms with van der Waals surface area (Å²) in [5.41, 5.74) is 2.46. The third kappa shape index (κ3) is 7.01. The molecule has 2 unspecified atom stereocenters. The minimum atomic E-state index is -0.462. The van der Waals surface area contributed by atoms with E-state index < -0.39 is 6.04 Å². The van der Waals surface area contributed by atoms with E-state index in [2.05, 4.69) is 45.0 Å². The zero-order chi connectivity index (χ0) is 27.2. The van der Waals surface area contributed by atoms with Crippen LogP contribution in [0.25, 0.3) is 0 Å². The monoisotopic (exact) mass is 526 g/mol. The molecule has 0 aromatic heterocycles. The summed E-state index contributed by atoms with van der Waals surface area (Å²) in [6, 6.07) is 15.0. The van der Waals surface area contributed by atoms with Crippen LogP contribution in [0.5, 0.6) is 0 Å². The summed E-state index contributed by atoms with van der Waals surface area (Å²) in [6.07, 6.45) is 7.03. The Morgan fingerprint density at radius 1 is 1.16 bits per heavy atom. The number of ether oxygens (including phenoxy) is 1. The molecule has 5 nitrogen and oxygen atoms in total. The molecule has 1 aliphatic rings. The molecule has 2 aromatic rings. The lowest BCUT2D eigenvalue weighted by Gasteiger charge is -2.52. The van der Waals surface area contributed by atoms with Gasteiger partial charge >= 0.3 is 5.97 Å². The first-order chi connectivity index (χ1) is 17.5. The smallest absolute Gasteiger partial charge is 0.337 e. The van der Waals surface area contributed by atoms with Gasteiger partial charge in [0, 0.05) is 11.1 Å². The van der Waals surface area contributed by atoms with Gasteiger partial charge in [0.05, 0.1) is 24.4 Å². The molecule has 0 spiro atoms. The van der Waals surface area contributed by atoms with Crippen LogP contribution in [-0.4, -0.2) is 37.0 Å². The highest BCUT2D eigenvalue weighted by molar-refractivity contribution is 6.30. The van der Waals surface area contributed by atoms with Crippen molar-refractivity contribution in [1.29, 1.82) is 0 Å². The summed E-state index contributed by atoms with van der Waals surface area (Å²) in [5, 5.41) is 4.43. The minimum Gasteiger partial charge on any atom is -0.465 e. The van der Waals surface area contributed by atoms with Crippen LogP contribution in [0.15, 0.2) is 48.5 Å². The summed E-state index contributed by atoms with van der Waals surface area (Å²) in [7, 11) is 3.58. The van der Waals surface area contributed by atoms with E-state index in [-0.39, 0.29) is 23.1 Å².